The lowest BCUT2D eigenvalue weighted by atomic mass is 9.90. The van der Waals surface area contributed by atoms with E-state index in [2.05, 4.69) is 27.6 Å². The Labute approximate surface area is 162 Å². The normalized spacial score (nSPS) is 24.9. The number of rotatable bonds is 5. The van der Waals surface area contributed by atoms with Crippen LogP contribution in [0.4, 0.5) is 0 Å². The van der Waals surface area contributed by atoms with Gasteiger partial charge in [-0.1, -0.05) is 6.42 Å². The van der Waals surface area contributed by atoms with Gasteiger partial charge in [0.15, 0.2) is 0 Å². The van der Waals surface area contributed by atoms with E-state index >= 15 is 0 Å². The molecule has 0 saturated carbocycles. The molecule has 1 amide bonds. The lowest BCUT2D eigenvalue weighted by molar-refractivity contribution is -0.125. The van der Waals surface area contributed by atoms with Gasteiger partial charge in [0.05, 0.1) is 12.1 Å². The molecule has 8 heteroatoms. The fourth-order valence-corrected chi connectivity index (χ4v) is 3.86. The molecular weight excluding hydrogens is 361 g/mol. The fraction of sp³-hybridized carbons (Fsp3) is 0.765. The summed E-state index contributed by atoms with van der Waals surface area (Å²) in [5.41, 5.74) is 1.15. The molecule has 1 unspecified atom stereocenters. The quantitative estimate of drug-likeness (QED) is 0.799. The molecular formula is C17H31Cl2N5O. The zero-order valence-electron chi connectivity index (χ0n) is 15.1. The van der Waals surface area contributed by atoms with Crippen molar-refractivity contribution in [2.45, 2.75) is 38.1 Å². The predicted octanol–water partition coefficient (Wildman–Crippen LogP) is 1.56. The predicted molar refractivity (Wildman–Crippen MR) is 105 cm³/mol. The van der Waals surface area contributed by atoms with Crippen molar-refractivity contribution in [3.63, 3.8) is 0 Å². The van der Waals surface area contributed by atoms with Gasteiger partial charge in [0.1, 0.15) is 0 Å². The standard InChI is InChI=1S/C17H29N5O.2ClH/c1-13(11-22-6-4-3-5-7-22)20-17(23)16-10-18-9-15(16)14-8-19-21(2)12-14;;/h8,12-13,15-16,18H,3-7,9-11H2,1-2H3,(H,20,23);2*1H/t13?,15-,16+;;/m1../s1. The van der Waals surface area contributed by atoms with E-state index in [1.54, 1.807) is 0 Å². The number of nitrogens with one attached hydrogen (secondary N) is 2. The van der Waals surface area contributed by atoms with Crippen LogP contribution < -0.4 is 10.6 Å². The molecule has 1 aromatic heterocycles. The van der Waals surface area contributed by atoms with Crippen LogP contribution in [-0.4, -0.2) is 59.4 Å². The number of amides is 1. The second-order valence-corrected chi connectivity index (χ2v) is 7.09. The van der Waals surface area contributed by atoms with Crippen LogP contribution in [0.3, 0.4) is 0 Å². The molecule has 0 aliphatic carbocycles. The van der Waals surface area contributed by atoms with Crippen molar-refractivity contribution < 1.29 is 4.79 Å². The van der Waals surface area contributed by atoms with Crippen molar-refractivity contribution in [1.29, 1.82) is 0 Å². The fourth-order valence-electron chi connectivity index (χ4n) is 3.86. The third-order valence-corrected chi connectivity index (χ3v) is 5.07. The van der Waals surface area contributed by atoms with Crippen LogP contribution in [0.15, 0.2) is 12.4 Å². The second kappa shape index (κ2) is 10.4. The van der Waals surface area contributed by atoms with Crippen LogP contribution in [0, 0.1) is 5.92 Å². The highest BCUT2D eigenvalue weighted by molar-refractivity contribution is 5.85. The first-order chi connectivity index (χ1) is 11.1. The molecule has 2 fully saturated rings. The summed E-state index contributed by atoms with van der Waals surface area (Å²) in [6.07, 6.45) is 7.83. The first kappa shape index (κ1) is 22.2. The number of halogens is 2. The lowest BCUT2D eigenvalue weighted by Crippen LogP contribution is -2.46. The largest absolute Gasteiger partial charge is 0.352 e. The third-order valence-electron chi connectivity index (χ3n) is 5.07. The second-order valence-electron chi connectivity index (χ2n) is 7.09. The molecule has 2 aliphatic heterocycles. The van der Waals surface area contributed by atoms with Gasteiger partial charge < -0.3 is 15.5 Å². The smallest absolute Gasteiger partial charge is 0.225 e. The maximum atomic E-state index is 12.7. The molecule has 2 aliphatic rings. The maximum Gasteiger partial charge on any atom is 0.225 e. The number of aryl methyl sites for hydroxylation is 1. The number of hydrogen-bond donors (Lipinski definition) is 2. The number of hydrogen-bond acceptors (Lipinski definition) is 4. The summed E-state index contributed by atoms with van der Waals surface area (Å²) in [7, 11) is 1.92. The van der Waals surface area contributed by atoms with E-state index in [1.165, 1.54) is 32.4 Å². The number of carbonyl (C=O) groups excluding carboxylic acids is 1. The Morgan fingerprint density at radius 3 is 2.68 bits per heavy atom. The Morgan fingerprint density at radius 2 is 2.04 bits per heavy atom. The van der Waals surface area contributed by atoms with E-state index < -0.39 is 0 Å². The zero-order chi connectivity index (χ0) is 16.2. The Bertz CT molecular complexity index is 533. The van der Waals surface area contributed by atoms with Crippen molar-refractivity contribution in [3.05, 3.63) is 18.0 Å². The van der Waals surface area contributed by atoms with Crippen LogP contribution in [0.2, 0.25) is 0 Å². The lowest BCUT2D eigenvalue weighted by Gasteiger charge is -2.30. The van der Waals surface area contributed by atoms with Crippen LogP contribution in [-0.2, 0) is 11.8 Å². The van der Waals surface area contributed by atoms with Crippen molar-refractivity contribution in [1.82, 2.24) is 25.3 Å². The molecule has 0 aromatic carbocycles. The number of aromatic nitrogens is 2. The molecule has 3 heterocycles. The monoisotopic (exact) mass is 391 g/mol. The highest BCUT2D eigenvalue weighted by Crippen LogP contribution is 2.28. The third kappa shape index (κ3) is 5.84. The van der Waals surface area contributed by atoms with Gasteiger partial charge in [-0.05, 0) is 38.4 Å². The van der Waals surface area contributed by atoms with E-state index in [4.69, 9.17) is 0 Å². The topological polar surface area (TPSA) is 62.2 Å². The van der Waals surface area contributed by atoms with E-state index in [9.17, 15) is 4.79 Å². The number of carbonyl (C=O) groups is 1. The van der Waals surface area contributed by atoms with Gasteiger partial charge in [0.2, 0.25) is 5.91 Å². The molecule has 0 bridgehead atoms. The zero-order valence-corrected chi connectivity index (χ0v) is 16.7. The molecule has 3 rings (SSSR count). The minimum absolute atomic E-state index is 0. The van der Waals surface area contributed by atoms with Gasteiger partial charge in [-0.25, -0.2) is 0 Å². The molecule has 3 atom stereocenters. The highest BCUT2D eigenvalue weighted by atomic mass is 35.5. The Kier molecular flexibility index (Phi) is 9.21. The number of likely N-dealkylation sites (tertiary alicyclic amines) is 1. The van der Waals surface area contributed by atoms with E-state index in [0.29, 0.717) is 0 Å². The molecule has 2 N–H and O–H groups in total. The first-order valence-electron chi connectivity index (χ1n) is 8.85. The van der Waals surface area contributed by atoms with E-state index in [0.717, 1.165) is 25.2 Å². The molecule has 6 nitrogen and oxygen atoms in total. The molecule has 1 aromatic rings. The molecule has 2 saturated heterocycles. The highest BCUT2D eigenvalue weighted by Gasteiger charge is 2.35. The summed E-state index contributed by atoms with van der Waals surface area (Å²) in [4.78, 5) is 15.2. The van der Waals surface area contributed by atoms with Crippen molar-refractivity contribution in [2.24, 2.45) is 13.0 Å². The van der Waals surface area contributed by atoms with Gasteiger partial charge in [-0.3, -0.25) is 9.48 Å². The van der Waals surface area contributed by atoms with Gasteiger partial charge >= 0.3 is 0 Å². The minimum Gasteiger partial charge on any atom is -0.352 e. The summed E-state index contributed by atoms with van der Waals surface area (Å²) in [6, 6.07) is 0.204. The summed E-state index contributed by atoms with van der Waals surface area (Å²) < 4.78 is 1.81. The average Bonchev–Trinajstić information content (AvgIpc) is 3.16. The number of nitrogens with zero attached hydrogens (tertiary/aromatic N) is 3. The average molecular weight is 392 g/mol. The van der Waals surface area contributed by atoms with Crippen molar-refractivity contribution >= 4 is 30.7 Å². The Hall–Kier alpha value is -0.820. The number of piperidine rings is 1. The van der Waals surface area contributed by atoms with E-state index in [-0.39, 0.29) is 48.6 Å². The van der Waals surface area contributed by atoms with Crippen LogP contribution >= 0.6 is 24.8 Å². The van der Waals surface area contributed by atoms with Gasteiger partial charge in [-0.15, -0.1) is 24.8 Å². The van der Waals surface area contributed by atoms with Crippen molar-refractivity contribution in [2.75, 3.05) is 32.7 Å². The maximum absolute atomic E-state index is 12.7. The van der Waals surface area contributed by atoms with Gasteiger partial charge in [0, 0.05) is 44.8 Å². The SMILES string of the molecule is CC(CN1CCCCC1)NC(=O)[C@H]1CNC[C@@H]1c1cnn(C)c1.Cl.Cl. The van der Waals surface area contributed by atoms with Crippen LogP contribution in [0.1, 0.15) is 37.7 Å². The van der Waals surface area contributed by atoms with Crippen molar-refractivity contribution in [3.8, 4) is 0 Å². The van der Waals surface area contributed by atoms with Gasteiger partial charge in [-0.2, -0.15) is 5.10 Å². The van der Waals surface area contributed by atoms with Crippen LogP contribution in [0.5, 0.6) is 0 Å². The Balaban J connectivity index is 0.00000156. The summed E-state index contributed by atoms with van der Waals surface area (Å²) in [5, 5.41) is 10.8. The molecule has 144 valence electrons. The van der Waals surface area contributed by atoms with Gasteiger partial charge in [0.25, 0.3) is 0 Å². The van der Waals surface area contributed by atoms with Crippen LogP contribution in [0.25, 0.3) is 0 Å². The first-order valence-corrected chi connectivity index (χ1v) is 8.85. The Morgan fingerprint density at radius 1 is 1.32 bits per heavy atom. The van der Waals surface area contributed by atoms with E-state index in [1.807, 2.05) is 24.1 Å². The summed E-state index contributed by atoms with van der Waals surface area (Å²) in [5.74, 6) is 0.405. The summed E-state index contributed by atoms with van der Waals surface area (Å²) >= 11 is 0. The summed E-state index contributed by atoms with van der Waals surface area (Å²) in [6.45, 7) is 7.02. The minimum atomic E-state index is 0. The molecule has 25 heavy (non-hydrogen) atoms. The molecule has 0 spiro atoms. The molecule has 0 radical (unpaired) electrons.